The maximum Gasteiger partial charge on any atom is 0.311 e. The van der Waals surface area contributed by atoms with Gasteiger partial charge in [0.15, 0.2) is 0 Å². The topological polar surface area (TPSA) is 66.4 Å². The van der Waals surface area contributed by atoms with Crippen molar-refractivity contribution < 1.29 is 23.5 Å². The van der Waals surface area contributed by atoms with E-state index in [1.165, 1.54) is 0 Å². The number of halogens is 2. The third-order valence-corrected chi connectivity index (χ3v) is 3.93. The van der Waals surface area contributed by atoms with Crippen LogP contribution in [0.1, 0.15) is 36.5 Å². The van der Waals surface area contributed by atoms with E-state index >= 15 is 0 Å². The highest BCUT2D eigenvalue weighted by molar-refractivity contribution is 5.95. The van der Waals surface area contributed by atoms with Gasteiger partial charge in [-0.25, -0.2) is 8.78 Å². The van der Waals surface area contributed by atoms with Crippen LogP contribution in [-0.4, -0.2) is 23.0 Å². The van der Waals surface area contributed by atoms with Crippen molar-refractivity contribution in [2.45, 2.75) is 32.2 Å². The van der Waals surface area contributed by atoms with Crippen LogP contribution in [0.3, 0.4) is 0 Å². The number of hydrogen-bond acceptors (Lipinski definition) is 2. The number of hydrogen-bond donors (Lipinski definition) is 2. The van der Waals surface area contributed by atoms with Crippen LogP contribution >= 0.6 is 0 Å². The van der Waals surface area contributed by atoms with Crippen molar-refractivity contribution in [2.24, 2.45) is 5.41 Å². The Balaban J connectivity index is 2.17. The number of nitrogens with one attached hydrogen (secondary N) is 1. The van der Waals surface area contributed by atoms with E-state index < -0.39 is 35.0 Å². The van der Waals surface area contributed by atoms with Crippen molar-refractivity contribution in [3.05, 3.63) is 35.4 Å². The van der Waals surface area contributed by atoms with E-state index in [1.807, 2.05) is 0 Å². The SMILES string of the molecule is CC1(C(=O)O)CCCC1NC(=O)c1ccc(F)cc1F. The first-order valence-electron chi connectivity index (χ1n) is 6.34. The molecule has 2 atom stereocenters. The molecule has 1 amide bonds. The summed E-state index contributed by atoms with van der Waals surface area (Å²) in [6, 6.07) is 2.10. The van der Waals surface area contributed by atoms with Crippen molar-refractivity contribution >= 4 is 11.9 Å². The second-order valence-corrected chi connectivity index (χ2v) is 5.27. The molecule has 1 aromatic carbocycles. The third kappa shape index (κ3) is 2.50. The van der Waals surface area contributed by atoms with Gasteiger partial charge in [0.2, 0.25) is 0 Å². The Bertz CT molecular complexity index is 561. The molecule has 2 N–H and O–H groups in total. The predicted molar refractivity (Wildman–Crippen MR) is 67.2 cm³/mol. The summed E-state index contributed by atoms with van der Waals surface area (Å²) in [6.07, 6.45) is 1.66. The molecule has 4 nitrogen and oxygen atoms in total. The first-order valence-corrected chi connectivity index (χ1v) is 6.34. The number of carboxylic acids is 1. The second-order valence-electron chi connectivity index (χ2n) is 5.27. The monoisotopic (exact) mass is 283 g/mol. The van der Waals surface area contributed by atoms with Crippen LogP contribution in [0.5, 0.6) is 0 Å². The summed E-state index contributed by atoms with van der Waals surface area (Å²) in [7, 11) is 0. The summed E-state index contributed by atoms with van der Waals surface area (Å²) in [4.78, 5) is 23.3. The Labute approximate surface area is 114 Å². The van der Waals surface area contributed by atoms with Crippen molar-refractivity contribution in [3.8, 4) is 0 Å². The number of amides is 1. The minimum Gasteiger partial charge on any atom is -0.481 e. The molecular weight excluding hydrogens is 268 g/mol. The molecule has 1 aliphatic rings. The quantitative estimate of drug-likeness (QED) is 0.894. The lowest BCUT2D eigenvalue weighted by Crippen LogP contribution is -2.47. The zero-order valence-electron chi connectivity index (χ0n) is 11.0. The fraction of sp³-hybridized carbons (Fsp3) is 0.429. The number of aliphatic carboxylic acids is 1. The van der Waals surface area contributed by atoms with Crippen LogP contribution < -0.4 is 5.32 Å². The first kappa shape index (κ1) is 14.4. The zero-order chi connectivity index (χ0) is 14.9. The average molecular weight is 283 g/mol. The lowest BCUT2D eigenvalue weighted by atomic mass is 9.85. The normalized spacial score (nSPS) is 25.4. The summed E-state index contributed by atoms with van der Waals surface area (Å²) in [5.74, 6) is -3.44. The Morgan fingerprint density at radius 2 is 2.10 bits per heavy atom. The maximum atomic E-state index is 13.5. The van der Waals surface area contributed by atoms with Crippen LogP contribution in [0.2, 0.25) is 0 Å². The fourth-order valence-electron chi connectivity index (χ4n) is 2.56. The predicted octanol–water partition coefficient (Wildman–Crippen LogP) is 2.34. The summed E-state index contributed by atoms with van der Waals surface area (Å²) >= 11 is 0. The van der Waals surface area contributed by atoms with E-state index in [-0.39, 0.29) is 5.56 Å². The van der Waals surface area contributed by atoms with Crippen molar-refractivity contribution in [2.75, 3.05) is 0 Å². The highest BCUT2D eigenvalue weighted by Crippen LogP contribution is 2.38. The van der Waals surface area contributed by atoms with Crippen molar-refractivity contribution in [1.82, 2.24) is 5.32 Å². The second kappa shape index (κ2) is 5.19. The molecule has 1 aromatic rings. The molecule has 1 fully saturated rings. The highest BCUT2D eigenvalue weighted by atomic mass is 19.1. The lowest BCUT2D eigenvalue weighted by Gasteiger charge is -2.27. The van der Waals surface area contributed by atoms with Gasteiger partial charge in [-0.15, -0.1) is 0 Å². The average Bonchev–Trinajstić information content (AvgIpc) is 2.72. The molecule has 1 aliphatic carbocycles. The molecule has 108 valence electrons. The third-order valence-electron chi connectivity index (χ3n) is 3.93. The number of carbonyl (C=O) groups is 2. The van der Waals surface area contributed by atoms with E-state index in [4.69, 9.17) is 0 Å². The number of carboxylic acid groups (broad SMARTS) is 1. The first-order chi connectivity index (χ1) is 9.34. The molecule has 2 unspecified atom stereocenters. The summed E-state index contributed by atoms with van der Waals surface area (Å²) < 4.78 is 26.3. The van der Waals surface area contributed by atoms with Gasteiger partial charge in [0, 0.05) is 12.1 Å². The van der Waals surface area contributed by atoms with Crippen LogP contribution in [0, 0.1) is 17.0 Å². The van der Waals surface area contributed by atoms with Crippen LogP contribution in [-0.2, 0) is 4.79 Å². The molecule has 0 aliphatic heterocycles. The van der Waals surface area contributed by atoms with Gasteiger partial charge < -0.3 is 10.4 Å². The van der Waals surface area contributed by atoms with Crippen molar-refractivity contribution in [1.29, 1.82) is 0 Å². The zero-order valence-corrected chi connectivity index (χ0v) is 11.0. The summed E-state index contributed by atoms with van der Waals surface area (Å²) in [6.45, 7) is 1.56. The summed E-state index contributed by atoms with van der Waals surface area (Å²) in [5, 5.41) is 11.8. The van der Waals surface area contributed by atoms with Crippen LogP contribution in [0.15, 0.2) is 18.2 Å². The summed E-state index contributed by atoms with van der Waals surface area (Å²) in [5.41, 5.74) is -1.34. The molecule has 0 radical (unpaired) electrons. The molecule has 2 rings (SSSR count). The Morgan fingerprint density at radius 1 is 1.40 bits per heavy atom. The van der Waals surface area contributed by atoms with Gasteiger partial charge in [-0.1, -0.05) is 6.42 Å². The van der Waals surface area contributed by atoms with Gasteiger partial charge in [0.1, 0.15) is 11.6 Å². The molecule has 0 spiro atoms. The molecule has 0 bridgehead atoms. The van der Waals surface area contributed by atoms with Crippen LogP contribution in [0.25, 0.3) is 0 Å². The van der Waals surface area contributed by atoms with E-state index in [1.54, 1.807) is 6.92 Å². The lowest BCUT2D eigenvalue weighted by molar-refractivity contribution is -0.148. The van der Waals surface area contributed by atoms with Gasteiger partial charge in [0.25, 0.3) is 5.91 Å². The van der Waals surface area contributed by atoms with Gasteiger partial charge in [-0.05, 0) is 31.9 Å². The number of benzene rings is 1. The minimum absolute atomic E-state index is 0.286. The van der Waals surface area contributed by atoms with Gasteiger partial charge >= 0.3 is 5.97 Å². The molecule has 6 heteroatoms. The molecular formula is C14H15F2NO3. The molecule has 0 aromatic heterocycles. The van der Waals surface area contributed by atoms with Crippen molar-refractivity contribution in [3.63, 3.8) is 0 Å². The Morgan fingerprint density at radius 3 is 2.70 bits per heavy atom. The Kier molecular flexibility index (Phi) is 3.74. The number of carbonyl (C=O) groups excluding carboxylic acids is 1. The molecule has 1 saturated carbocycles. The van der Waals surface area contributed by atoms with Gasteiger partial charge in [0.05, 0.1) is 11.0 Å². The minimum atomic E-state index is -1.05. The Hall–Kier alpha value is -1.98. The highest BCUT2D eigenvalue weighted by Gasteiger charge is 2.46. The van der Waals surface area contributed by atoms with E-state index in [9.17, 15) is 23.5 Å². The molecule has 0 heterocycles. The van der Waals surface area contributed by atoms with Crippen LogP contribution in [0.4, 0.5) is 8.78 Å². The van der Waals surface area contributed by atoms with E-state index in [2.05, 4.69) is 5.32 Å². The van der Waals surface area contributed by atoms with E-state index in [0.29, 0.717) is 25.3 Å². The van der Waals surface area contributed by atoms with E-state index in [0.717, 1.165) is 12.1 Å². The molecule has 20 heavy (non-hydrogen) atoms. The van der Waals surface area contributed by atoms with Gasteiger partial charge in [-0.2, -0.15) is 0 Å². The standard InChI is InChI=1S/C14H15F2NO3/c1-14(13(19)20)6-2-3-11(14)17-12(18)9-5-4-8(15)7-10(9)16/h4-5,7,11H,2-3,6H2,1H3,(H,17,18)(H,19,20). The number of rotatable bonds is 3. The maximum absolute atomic E-state index is 13.5. The fourth-order valence-corrected chi connectivity index (χ4v) is 2.56. The molecule has 0 saturated heterocycles. The van der Waals surface area contributed by atoms with Gasteiger partial charge in [-0.3, -0.25) is 9.59 Å². The smallest absolute Gasteiger partial charge is 0.311 e. The largest absolute Gasteiger partial charge is 0.481 e.